The Bertz CT molecular complexity index is 958. The van der Waals surface area contributed by atoms with Crippen LogP contribution in [0.15, 0.2) is 60.2 Å². The van der Waals surface area contributed by atoms with Gasteiger partial charge in [0, 0.05) is 24.2 Å². The zero-order valence-corrected chi connectivity index (χ0v) is 13.2. The number of aromatic nitrogens is 3. The van der Waals surface area contributed by atoms with Gasteiger partial charge in [-0.05, 0) is 36.4 Å². The van der Waals surface area contributed by atoms with Gasteiger partial charge in [-0.3, -0.25) is 4.40 Å². The summed E-state index contributed by atoms with van der Waals surface area (Å²) in [6.07, 6.45) is 3.80. The molecule has 4 nitrogen and oxygen atoms in total. The molecule has 0 aliphatic rings. The van der Waals surface area contributed by atoms with Crippen LogP contribution in [0.2, 0.25) is 0 Å². The van der Waals surface area contributed by atoms with E-state index in [0.717, 1.165) is 27.9 Å². The molecule has 0 N–H and O–H groups in total. The average molecular weight is 324 g/mol. The van der Waals surface area contributed by atoms with Gasteiger partial charge in [0.05, 0.1) is 11.9 Å². The minimum absolute atomic E-state index is 0.243. The third-order valence-corrected chi connectivity index (χ3v) is 4.58. The Morgan fingerprint density at radius 3 is 2.78 bits per heavy atom. The van der Waals surface area contributed by atoms with Crippen molar-refractivity contribution in [2.45, 2.75) is 0 Å². The number of hydrogen-bond acceptors (Lipinski definition) is 4. The number of nitrogens with zero attached hydrogens (tertiary/aromatic N) is 4. The first-order chi connectivity index (χ1) is 11.2. The van der Waals surface area contributed by atoms with Gasteiger partial charge in [-0.25, -0.2) is 14.4 Å². The van der Waals surface area contributed by atoms with E-state index in [1.807, 2.05) is 52.3 Å². The van der Waals surface area contributed by atoms with E-state index in [1.54, 1.807) is 23.5 Å². The van der Waals surface area contributed by atoms with Crippen molar-refractivity contribution in [3.05, 3.63) is 66.1 Å². The molecule has 0 amide bonds. The minimum atomic E-state index is -0.243. The summed E-state index contributed by atoms with van der Waals surface area (Å²) >= 11 is 1.54. The lowest BCUT2D eigenvalue weighted by atomic mass is 10.2. The van der Waals surface area contributed by atoms with Crippen molar-refractivity contribution in [2.75, 3.05) is 11.9 Å². The molecule has 4 rings (SSSR count). The van der Waals surface area contributed by atoms with Gasteiger partial charge in [-0.2, -0.15) is 0 Å². The normalized spacial score (nSPS) is 11.0. The highest BCUT2D eigenvalue weighted by molar-refractivity contribution is 7.14. The third-order valence-electron chi connectivity index (χ3n) is 3.66. The molecule has 3 aromatic heterocycles. The van der Waals surface area contributed by atoms with Gasteiger partial charge in [-0.1, -0.05) is 6.07 Å². The van der Waals surface area contributed by atoms with Crippen LogP contribution in [0.5, 0.6) is 0 Å². The lowest BCUT2D eigenvalue weighted by Gasteiger charge is -2.14. The minimum Gasteiger partial charge on any atom is -0.305 e. The summed E-state index contributed by atoms with van der Waals surface area (Å²) in [7, 11) is 1.96. The maximum absolute atomic E-state index is 13.0. The highest BCUT2D eigenvalue weighted by Gasteiger charge is 2.14. The SMILES string of the molecule is CN(c1nc(-c2ccc(F)cc2)cs1)c1cnc2ccccn12. The monoisotopic (exact) mass is 324 g/mol. The second-order valence-electron chi connectivity index (χ2n) is 5.13. The van der Waals surface area contributed by atoms with E-state index < -0.39 is 0 Å². The van der Waals surface area contributed by atoms with Crippen LogP contribution in [-0.4, -0.2) is 21.4 Å². The number of anilines is 2. The van der Waals surface area contributed by atoms with E-state index in [9.17, 15) is 4.39 Å². The van der Waals surface area contributed by atoms with Crippen LogP contribution in [0.1, 0.15) is 0 Å². The molecule has 0 aliphatic heterocycles. The summed E-state index contributed by atoms with van der Waals surface area (Å²) in [5.41, 5.74) is 2.63. The predicted octanol–water partition coefficient (Wildman–Crippen LogP) is 4.36. The van der Waals surface area contributed by atoms with Crippen LogP contribution in [0.25, 0.3) is 16.9 Å². The standard InChI is InChI=1S/C17H13FN4S/c1-21(16-10-19-15-4-2-3-9-22(15)16)17-20-14(11-23-17)12-5-7-13(18)8-6-12/h2-11H,1H3. The summed E-state index contributed by atoms with van der Waals surface area (Å²) in [4.78, 5) is 11.0. The molecule has 4 aromatic rings. The van der Waals surface area contributed by atoms with Crippen LogP contribution < -0.4 is 4.90 Å². The van der Waals surface area contributed by atoms with Gasteiger partial charge in [0.15, 0.2) is 5.13 Å². The molecule has 0 saturated heterocycles. The van der Waals surface area contributed by atoms with Gasteiger partial charge in [0.1, 0.15) is 17.3 Å². The number of thiazole rings is 1. The molecule has 114 valence electrons. The highest BCUT2D eigenvalue weighted by Crippen LogP contribution is 2.31. The van der Waals surface area contributed by atoms with Gasteiger partial charge in [0.25, 0.3) is 0 Å². The first kappa shape index (κ1) is 13.9. The molecule has 6 heteroatoms. The fraction of sp³-hybridized carbons (Fsp3) is 0.0588. The smallest absolute Gasteiger partial charge is 0.191 e. The van der Waals surface area contributed by atoms with E-state index in [-0.39, 0.29) is 5.82 Å². The molecular weight excluding hydrogens is 311 g/mol. The summed E-state index contributed by atoms with van der Waals surface area (Å²) in [5, 5.41) is 2.83. The number of rotatable bonds is 3. The van der Waals surface area contributed by atoms with Gasteiger partial charge in [0.2, 0.25) is 0 Å². The molecule has 0 bridgehead atoms. The Morgan fingerprint density at radius 2 is 1.96 bits per heavy atom. The maximum atomic E-state index is 13.0. The number of hydrogen-bond donors (Lipinski definition) is 0. The second-order valence-corrected chi connectivity index (χ2v) is 5.96. The molecule has 3 heterocycles. The zero-order valence-electron chi connectivity index (χ0n) is 12.3. The number of imidazole rings is 1. The summed E-state index contributed by atoms with van der Waals surface area (Å²) in [6, 6.07) is 12.3. The predicted molar refractivity (Wildman–Crippen MR) is 90.8 cm³/mol. The Labute approximate surface area is 136 Å². The van der Waals surface area contributed by atoms with Crippen LogP contribution in [0.4, 0.5) is 15.3 Å². The number of benzene rings is 1. The van der Waals surface area contributed by atoms with Crippen molar-refractivity contribution < 1.29 is 4.39 Å². The van der Waals surface area contributed by atoms with Crippen LogP contribution in [-0.2, 0) is 0 Å². The average Bonchev–Trinajstić information content (AvgIpc) is 3.22. The van der Waals surface area contributed by atoms with E-state index >= 15 is 0 Å². The van der Waals surface area contributed by atoms with E-state index in [0.29, 0.717) is 0 Å². The van der Waals surface area contributed by atoms with Crippen LogP contribution in [0.3, 0.4) is 0 Å². The molecule has 23 heavy (non-hydrogen) atoms. The molecule has 1 aromatic carbocycles. The zero-order chi connectivity index (χ0) is 15.8. The maximum Gasteiger partial charge on any atom is 0.191 e. The number of fused-ring (bicyclic) bond motifs is 1. The molecule has 0 spiro atoms. The van der Waals surface area contributed by atoms with Crippen molar-refractivity contribution in [2.24, 2.45) is 0 Å². The van der Waals surface area contributed by atoms with Gasteiger partial charge >= 0.3 is 0 Å². The van der Waals surface area contributed by atoms with Crippen molar-refractivity contribution >= 4 is 27.9 Å². The van der Waals surface area contributed by atoms with Crippen molar-refractivity contribution in [3.63, 3.8) is 0 Å². The van der Waals surface area contributed by atoms with Crippen molar-refractivity contribution in [3.8, 4) is 11.3 Å². The van der Waals surface area contributed by atoms with E-state index in [1.165, 1.54) is 12.1 Å². The number of halogens is 1. The lowest BCUT2D eigenvalue weighted by Crippen LogP contribution is -2.11. The molecule has 0 aliphatic carbocycles. The Balaban J connectivity index is 1.69. The third kappa shape index (κ3) is 2.47. The molecule has 0 atom stereocenters. The Morgan fingerprint density at radius 1 is 1.13 bits per heavy atom. The quantitative estimate of drug-likeness (QED) is 0.561. The van der Waals surface area contributed by atoms with Crippen molar-refractivity contribution in [1.82, 2.24) is 14.4 Å². The molecular formula is C17H13FN4S. The summed E-state index contributed by atoms with van der Waals surface area (Å²) in [6.45, 7) is 0. The summed E-state index contributed by atoms with van der Waals surface area (Å²) < 4.78 is 15.0. The van der Waals surface area contributed by atoms with Gasteiger partial charge in [-0.15, -0.1) is 11.3 Å². The van der Waals surface area contributed by atoms with Crippen LogP contribution >= 0.6 is 11.3 Å². The van der Waals surface area contributed by atoms with Gasteiger partial charge < -0.3 is 4.90 Å². The molecule has 0 unspecified atom stereocenters. The first-order valence-corrected chi connectivity index (χ1v) is 7.97. The van der Waals surface area contributed by atoms with Crippen molar-refractivity contribution in [1.29, 1.82) is 0 Å². The van der Waals surface area contributed by atoms with E-state index in [2.05, 4.69) is 9.97 Å². The fourth-order valence-corrected chi connectivity index (χ4v) is 3.25. The second kappa shape index (κ2) is 5.48. The Hall–Kier alpha value is -2.73. The highest BCUT2D eigenvalue weighted by atomic mass is 32.1. The molecule has 0 radical (unpaired) electrons. The fourth-order valence-electron chi connectivity index (χ4n) is 2.44. The van der Waals surface area contributed by atoms with Crippen LogP contribution in [0, 0.1) is 5.82 Å². The largest absolute Gasteiger partial charge is 0.305 e. The first-order valence-electron chi connectivity index (χ1n) is 7.10. The molecule has 0 fully saturated rings. The topological polar surface area (TPSA) is 33.4 Å². The van der Waals surface area contributed by atoms with E-state index in [4.69, 9.17) is 0 Å². The lowest BCUT2D eigenvalue weighted by molar-refractivity contribution is 0.628. The summed E-state index contributed by atoms with van der Waals surface area (Å²) in [5.74, 6) is 0.702. The number of pyridine rings is 1. The Kier molecular flexibility index (Phi) is 3.31. The molecule has 0 saturated carbocycles.